The van der Waals surface area contributed by atoms with Crippen LogP contribution < -0.4 is 15.0 Å². The molecule has 0 amide bonds. The Labute approximate surface area is 179 Å². The Morgan fingerprint density at radius 3 is 2.77 bits per heavy atom. The average Bonchev–Trinajstić information content (AvgIpc) is 3.31. The summed E-state index contributed by atoms with van der Waals surface area (Å²) in [4.78, 5) is 18.0. The summed E-state index contributed by atoms with van der Waals surface area (Å²) in [6.45, 7) is 4.47. The largest absolute Gasteiger partial charge is 0.428 e. The van der Waals surface area contributed by atoms with Crippen LogP contribution in [-0.4, -0.2) is 58.0 Å². The zero-order chi connectivity index (χ0) is 21.0. The molecule has 2 aliphatic rings. The zero-order valence-electron chi connectivity index (χ0n) is 16.1. The first-order chi connectivity index (χ1) is 15.1. The highest BCUT2D eigenvalue weighted by Gasteiger charge is 2.48. The summed E-state index contributed by atoms with van der Waals surface area (Å²) in [6.07, 6.45) is 1.44. The molecule has 5 heterocycles. The Hall–Kier alpha value is -3.44. The van der Waals surface area contributed by atoms with Gasteiger partial charge in [0.05, 0.1) is 16.0 Å². The van der Waals surface area contributed by atoms with E-state index >= 15 is 0 Å². The second kappa shape index (κ2) is 6.79. The third-order valence-electron chi connectivity index (χ3n) is 5.80. The van der Waals surface area contributed by atoms with Crippen LogP contribution in [0.25, 0.3) is 32.7 Å². The van der Waals surface area contributed by atoms with Gasteiger partial charge in [0.1, 0.15) is 5.75 Å². The summed E-state index contributed by atoms with van der Waals surface area (Å²) in [5.74, 6) is -0.373. The van der Waals surface area contributed by atoms with Crippen molar-refractivity contribution >= 4 is 33.3 Å². The van der Waals surface area contributed by atoms with Gasteiger partial charge in [-0.2, -0.15) is 9.37 Å². The van der Waals surface area contributed by atoms with Gasteiger partial charge in [-0.05, 0) is 23.8 Å². The number of H-pyrrole nitrogens is 1. The Bertz CT molecular complexity index is 1310. The number of halogens is 1. The molecule has 0 atom stereocenters. The van der Waals surface area contributed by atoms with Crippen molar-refractivity contribution in [3.63, 3.8) is 0 Å². The zero-order valence-corrected chi connectivity index (χ0v) is 16.9. The van der Waals surface area contributed by atoms with Gasteiger partial charge in [0.2, 0.25) is 5.95 Å². The van der Waals surface area contributed by atoms with E-state index in [1.165, 1.54) is 6.20 Å². The summed E-state index contributed by atoms with van der Waals surface area (Å²) < 4.78 is 19.9. The van der Waals surface area contributed by atoms with Gasteiger partial charge in [0, 0.05) is 43.4 Å². The summed E-state index contributed by atoms with van der Waals surface area (Å²) in [5, 5.41) is 18.8. The van der Waals surface area contributed by atoms with Crippen molar-refractivity contribution in [2.45, 2.75) is 0 Å². The van der Waals surface area contributed by atoms with E-state index in [1.54, 1.807) is 29.5 Å². The molecule has 2 saturated heterocycles. The molecule has 0 unspecified atom stereocenters. The number of hydrogen-bond acceptors (Lipinski definition) is 9. The minimum atomic E-state index is -0.631. The van der Waals surface area contributed by atoms with Gasteiger partial charge in [0.15, 0.2) is 10.8 Å². The van der Waals surface area contributed by atoms with Crippen LogP contribution in [0.5, 0.6) is 5.75 Å². The van der Waals surface area contributed by atoms with Crippen molar-refractivity contribution in [1.29, 1.82) is 0 Å². The van der Waals surface area contributed by atoms with Crippen LogP contribution >= 0.6 is 11.3 Å². The fraction of sp³-hybridized carbons (Fsp3) is 0.250. The van der Waals surface area contributed by atoms with Gasteiger partial charge in [0.25, 0.3) is 6.47 Å². The molecule has 2 fully saturated rings. The maximum atomic E-state index is 13.8. The van der Waals surface area contributed by atoms with Crippen molar-refractivity contribution in [3.8, 4) is 28.1 Å². The number of benzene rings is 1. The average molecular weight is 437 g/mol. The summed E-state index contributed by atoms with van der Waals surface area (Å²) in [7, 11) is 0. The fourth-order valence-electron chi connectivity index (χ4n) is 4.13. The lowest BCUT2D eigenvalue weighted by Gasteiger charge is -2.56. The first-order valence-corrected chi connectivity index (χ1v) is 10.5. The van der Waals surface area contributed by atoms with E-state index in [9.17, 15) is 9.18 Å². The summed E-state index contributed by atoms with van der Waals surface area (Å²) >= 11 is 1.57. The molecule has 6 rings (SSSR count). The van der Waals surface area contributed by atoms with Gasteiger partial charge in [-0.1, -0.05) is 17.4 Å². The minimum Gasteiger partial charge on any atom is -0.428 e. The van der Waals surface area contributed by atoms with Gasteiger partial charge < -0.3 is 15.0 Å². The molecule has 1 aromatic carbocycles. The van der Waals surface area contributed by atoms with Crippen LogP contribution in [0.4, 0.5) is 9.52 Å². The van der Waals surface area contributed by atoms with E-state index in [4.69, 9.17) is 4.74 Å². The van der Waals surface area contributed by atoms with E-state index in [1.807, 2.05) is 6.07 Å². The standard InChI is InChI=1S/C20H16FN7O2S/c21-17-13(5-23-26-17)11-1-2-12(15(3-11)30-10-29)14-4-16-18(27-25-14)24-19(31-16)28-8-20(9-28)6-22-7-20/h1-5,10,22H,6-9H2,(H,23,26). The van der Waals surface area contributed by atoms with Gasteiger partial charge in [-0.15, -0.1) is 15.3 Å². The van der Waals surface area contributed by atoms with Crippen molar-refractivity contribution < 1.29 is 13.9 Å². The molecule has 156 valence electrons. The lowest BCUT2D eigenvalue weighted by Crippen LogP contribution is -2.71. The number of anilines is 1. The summed E-state index contributed by atoms with van der Waals surface area (Å²) in [5.41, 5.74) is 2.93. The Morgan fingerprint density at radius 1 is 1.19 bits per heavy atom. The molecular weight excluding hydrogens is 421 g/mol. The number of thiazole rings is 1. The molecule has 31 heavy (non-hydrogen) atoms. The van der Waals surface area contributed by atoms with E-state index in [-0.39, 0.29) is 11.3 Å². The van der Waals surface area contributed by atoms with Crippen LogP contribution in [-0.2, 0) is 4.79 Å². The van der Waals surface area contributed by atoms with E-state index in [0.29, 0.717) is 34.4 Å². The smallest absolute Gasteiger partial charge is 0.298 e. The normalized spacial score (nSPS) is 16.9. The molecule has 1 spiro atoms. The number of aromatic amines is 1. The molecule has 11 heteroatoms. The molecular formula is C20H16FN7O2S. The quantitative estimate of drug-likeness (QED) is 0.458. The molecule has 4 aromatic rings. The minimum absolute atomic E-state index is 0.258. The Morgan fingerprint density at radius 2 is 2.06 bits per heavy atom. The maximum Gasteiger partial charge on any atom is 0.298 e. The van der Waals surface area contributed by atoms with Crippen LogP contribution in [0.1, 0.15) is 0 Å². The monoisotopic (exact) mass is 437 g/mol. The number of nitrogens with one attached hydrogen (secondary N) is 2. The highest BCUT2D eigenvalue weighted by atomic mass is 32.1. The van der Waals surface area contributed by atoms with Crippen LogP contribution in [0.3, 0.4) is 0 Å². The van der Waals surface area contributed by atoms with E-state index < -0.39 is 5.95 Å². The number of rotatable bonds is 5. The highest BCUT2D eigenvalue weighted by molar-refractivity contribution is 7.22. The fourth-order valence-corrected chi connectivity index (χ4v) is 5.06. The molecule has 0 radical (unpaired) electrons. The van der Waals surface area contributed by atoms with Crippen LogP contribution in [0.2, 0.25) is 0 Å². The molecule has 2 N–H and O–H groups in total. The van der Waals surface area contributed by atoms with Gasteiger partial charge in [-0.25, -0.2) is 0 Å². The van der Waals surface area contributed by atoms with Gasteiger partial charge >= 0.3 is 0 Å². The second-order valence-corrected chi connectivity index (χ2v) is 8.90. The van der Waals surface area contributed by atoms with Gasteiger partial charge in [-0.3, -0.25) is 9.89 Å². The predicted octanol–water partition coefficient (Wildman–Crippen LogP) is 2.23. The number of hydrogen-bond donors (Lipinski definition) is 2. The van der Waals surface area contributed by atoms with Crippen molar-refractivity contribution in [3.05, 3.63) is 36.4 Å². The lowest BCUT2D eigenvalue weighted by molar-refractivity contribution is -0.120. The number of aromatic nitrogens is 5. The molecule has 0 bridgehead atoms. The third kappa shape index (κ3) is 2.96. The molecule has 0 saturated carbocycles. The number of ether oxygens (including phenoxy) is 1. The lowest BCUT2D eigenvalue weighted by atomic mass is 9.75. The number of fused-ring (bicyclic) bond motifs is 1. The number of carbonyl (C=O) groups excluding carboxylic acids is 1. The highest BCUT2D eigenvalue weighted by Crippen LogP contribution is 2.41. The number of carbonyl (C=O) groups is 1. The number of nitrogens with zero attached hydrogens (tertiary/aromatic N) is 5. The molecule has 0 aliphatic carbocycles. The maximum absolute atomic E-state index is 13.8. The van der Waals surface area contributed by atoms with Crippen molar-refractivity contribution in [2.24, 2.45) is 5.41 Å². The van der Waals surface area contributed by atoms with Crippen molar-refractivity contribution in [2.75, 3.05) is 31.1 Å². The van der Waals surface area contributed by atoms with E-state index in [2.05, 4.69) is 35.6 Å². The van der Waals surface area contributed by atoms with Crippen molar-refractivity contribution in [1.82, 2.24) is 30.7 Å². The van der Waals surface area contributed by atoms with Crippen LogP contribution in [0.15, 0.2) is 30.5 Å². The Balaban J connectivity index is 1.34. The topological polar surface area (TPSA) is 109 Å². The second-order valence-electron chi connectivity index (χ2n) is 7.89. The molecule has 3 aromatic heterocycles. The Kier molecular flexibility index (Phi) is 4.02. The first-order valence-electron chi connectivity index (χ1n) is 9.68. The molecule has 9 nitrogen and oxygen atoms in total. The van der Waals surface area contributed by atoms with Crippen LogP contribution in [0, 0.1) is 11.4 Å². The SMILES string of the molecule is O=COc1cc(-c2c[nH]nc2F)ccc1-c1cc2sc(N3CC4(CNC4)C3)nc2nn1. The summed E-state index contributed by atoms with van der Waals surface area (Å²) in [6, 6.07) is 6.90. The molecule has 2 aliphatic heterocycles. The predicted molar refractivity (Wildman–Crippen MR) is 112 cm³/mol. The van der Waals surface area contributed by atoms with E-state index in [0.717, 1.165) is 36.0 Å². The first kappa shape index (κ1) is 18.3. The third-order valence-corrected chi connectivity index (χ3v) is 6.86.